The lowest BCUT2D eigenvalue weighted by atomic mass is 10.3. The van der Waals surface area contributed by atoms with Crippen LogP contribution in [-0.4, -0.2) is 6.17 Å². The molecule has 2 heteroatoms. The highest BCUT2D eigenvalue weighted by Gasteiger charge is 2.03. The summed E-state index contributed by atoms with van der Waals surface area (Å²) in [5.74, 6) is 0. The fourth-order valence-electron chi connectivity index (χ4n) is 0.832. The van der Waals surface area contributed by atoms with E-state index in [-0.39, 0.29) is 0 Å². The Morgan fingerprint density at radius 3 is 2.50 bits per heavy atom. The van der Waals surface area contributed by atoms with Crippen LogP contribution in [0.3, 0.4) is 0 Å². The molecule has 0 aliphatic carbocycles. The first-order valence-corrected chi connectivity index (χ1v) is 3.10. The Hall–Kier alpha value is -0.660. The van der Waals surface area contributed by atoms with E-state index in [1.54, 1.807) is 0 Å². The van der Waals surface area contributed by atoms with Gasteiger partial charge in [-0.3, -0.25) is 0 Å². The molecule has 1 aliphatic rings. The van der Waals surface area contributed by atoms with Crippen LogP contribution in [0.15, 0.2) is 12.4 Å². The standard InChI is InChI=1S/C6H12N2/c1-2-3-6-7-4-5-8-6/h4-8H,2-3H2,1H3. The van der Waals surface area contributed by atoms with Crippen molar-refractivity contribution in [3.8, 4) is 0 Å². The second-order valence-corrected chi connectivity index (χ2v) is 2.01. The molecule has 0 spiro atoms. The van der Waals surface area contributed by atoms with Gasteiger partial charge in [0.15, 0.2) is 0 Å². The molecule has 0 aromatic carbocycles. The van der Waals surface area contributed by atoms with E-state index in [9.17, 15) is 0 Å². The van der Waals surface area contributed by atoms with E-state index >= 15 is 0 Å². The van der Waals surface area contributed by atoms with Gasteiger partial charge in [-0.1, -0.05) is 13.3 Å². The van der Waals surface area contributed by atoms with Gasteiger partial charge in [0.05, 0.1) is 6.17 Å². The van der Waals surface area contributed by atoms with Gasteiger partial charge in [0.2, 0.25) is 0 Å². The van der Waals surface area contributed by atoms with E-state index in [1.807, 2.05) is 12.4 Å². The number of hydrogen-bond donors (Lipinski definition) is 2. The molecule has 1 rings (SSSR count). The lowest BCUT2D eigenvalue weighted by Gasteiger charge is -2.08. The average molecular weight is 112 g/mol. The van der Waals surface area contributed by atoms with Crippen LogP contribution >= 0.6 is 0 Å². The number of hydrogen-bond acceptors (Lipinski definition) is 2. The van der Waals surface area contributed by atoms with E-state index in [1.165, 1.54) is 12.8 Å². The molecule has 2 nitrogen and oxygen atoms in total. The molecule has 0 saturated carbocycles. The maximum Gasteiger partial charge on any atom is 0.0955 e. The first-order chi connectivity index (χ1) is 3.93. The van der Waals surface area contributed by atoms with Crippen molar-refractivity contribution in [1.29, 1.82) is 0 Å². The first-order valence-electron chi connectivity index (χ1n) is 3.10. The van der Waals surface area contributed by atoms with Crippen LogP contribution in [0.1, 0.15) is 19.8 Å². The molecule has 0 amide bonds. The molecule has 0 radical (unpaired) electrons. The van der Waals surface area contributed by atoms with Gasteiger partial charge in [-0.05, 0) is 6.42 Å². The Morgan fingerprint density at radius 2 is 2.00 bits per heavy atom. The summed E-state index contributed by atoms with van der Waals surface area (Å²) in [7, 11) is 0. The van der Waals surface area contributed by atoms with Crippen LogP contribution in [0.4, 0.5) is 0 Å². The normalized spacial score (nSPS) is 18.1. The Bertz CT molecular complexity index is 80.5. The number of rotatable bonds is 2. The number of nitrogens with one attached hydrogen (secondary N) is 2. The maximum atomic E-state index is 3.17. The van der Waals surface area contributed by atoms with Crippen molar-refractivity contribution in [3.05, 3.63) is 12.4 Å². The minimum Gasteiger partial charge on any atom is -0.370 e. The van der Waals surface area contributed by atoms with Gasteiger partial charge in [0, 0.05) is 12.4 Å². The molecule has 0 bridgehead atoms. The summed E-state index contributed by atoms with van der Waals surface area (Å²) in [6.07, 6.45) is 6.82. The van der Waals surface area contributed by atoms with Gasteiger partial charge in [-0.15, -0.1) is 0 Å². The van der Waals surface area contributed by atoms with E-state index in [0.29, 0.717) is 6.17 Å². The molecule has 1 heterocycles. The van der Waals surface area contributed by atoms with Crippen molar-refractivity contribution in [1.82, 2.24) is 10.6 Å². The average Bonchev–Trinajstić information content (AvgIpc) is 2.19. The molecule has 8 heavy (non-hydrogen) atoms. The molecule has 0 aromatic heterocycles. The Labute approximate surface area is 50.0 Å². The van der Waals surface area contributed by atoms with Crippen molar-refractivity contribution >= 4 is 0 Å². The first kappa shape index (κ1) is 5.48. The van der Waals surface area contributed by atoms with E-state index < -0.39 is 0 Å². The lowest BCUT2D eigenvalue weighted by molar-refractivity contribution is 0.521. The minimum atomic E-state index is 0.500. The fourth-order valence-corrected chi connectivity index (χ4v) is 0.832. The highest BCUT2D eigenvalue weighted by atomic mass is 15.1. The Morgan fingerprint density at radius 1 is 1.38 bits per heavy atom. The van der Waals surface area contributed by atoms with E-state index in [2.05, 4.69) is 17.6 Å². The van der Waals surface area contributed by atoms with Gasteiger partial charge < -0.3 is 10.6 Å². The summed E-state index contributed by atoms with van der Waals surface area (Å²) >= 11 is 0. The SMILES string of the molecule is CCCC1NC=CN1. The third-order valence-corrected chi connectivity index (χ3v) is 1.26. The molecular formula is C6H12N2. The molecule has 46 valence electrons. The third-order valence-electron chi connectivity index (χ3n) is 1.26. The molecular weight excluding hydrogens is 100 g/mol. The predicted molar refractivity (Wildman–Crippen MR) is 34.1 cm³/mol. The van der Waals surface area contributed by atoms with Crippen LogP contribution in [0.5, 0.6) is 0 Å². The summed E-state index contributed by atoms with van der Waals surface area (Å²) in [6.45, 7) is 2.18. The van der Waals surface area contributed by atoms with Gasteiger partial charge in [-0.2, -0.15) is 0 Å². The second-order valence-electron chi connectivity index (χ2n) is 2.01. The monoisotopic (exact) mass is 112 g/mol. The van der Waals surface area contributed by atoms with Crippen molar-refractivity contribution < 1.29 is 0 Å². The highest BCUT2D eigenvalue weighted by Crippen LogP contribution is 1.95. The Kier molecular flexibility index (Phi) is 1.78. The maximum absolute atomic E-state index is 3.17. The van der Waals surface area contributed by atoms with Gasteiger partial charge >= 0.3 is 0 Å². The fraction of sp³-hybridized carbons (Fsp3) is 0.667. The topological polar surface area (TPSA) is 24.1 Å². The molecule has 0 saturated heterocycles. The van der Waals surface area contributed by atoms with Crippen molar-refractivity contribution in [2.45, 2.75) is 25.9 Å². The van der Waals surface area contributed by atoms with Crippen LogP contribution in [-0.2, 0) is 0 Å². The smallest absolute Gasteiger partial charge is 0.0955 e. The van der Waals surface area contributed by atoms with Crippen molar-refractivity contribution in [2.24, 2.45) is 0 Å². The van der Waals surface area contributed by atoms with Crippen LogP contribution in [0.2, 0.25) is 0 Å². The zero-order valence-electron chi connectivity index (χ0n) is 5.15. The van der Waals surface area contributed by atoms with E-state index in [0.717, 1.165) is 0 Å². The summed E-state index contributed by atoms with van der Waals surface area (Å²) in [5.41, 5.74) is 0. The molecule has 0 aromatic rings. The van der Waals surface area contributed by atoms with Crippen molar-refractivity contribution in [3.63, 3.8) is 0 Å². The molecule has 1 aliphatic heterocycles. The van der Waals surface area contributed by atoms with E-state index in [4.69, 9.17) is 0 Å². The molecule has 0 fully saturated rings. The minimum absolute atomic E-state index is 0.500. The zero-order valence-corrected chi connectivity index (χ0v) is 5.15. The van der Waals surface area contributed by atoms with Crippen LogP contribution < -0.4 is 10.6 Å². The zero-order chi connectivity index (χ0) is 5.82. The quantitative estimate of drug-likeness (QED) is 0.551. The highest BCUT2D eigenvalue weighted by molar-refractivity contribution is 4.89. The summed E-state index contributed by atoms with van der Waals surface area (Å²) in [6, 6.07) is 0. The summed E-state index contributed by atoms with van der Waals surface area (Å²) < 4.78 is 0. The van der Waals surface area contributed by atoms with Crippen molar-refractivity contribution in [2.75, 3.05) is 0 Å². The van der Waals surface area contributed by atoms with Crippen LogP contribution in [0, 0.1) is 0 Å². The van der Waals surface area contributed by atoms with Gasteiger partial charge in [-0.25, -0.2) is 0 Å². The predicted octanol–water partition coefficient (Wildman–Crippen LogP) is 0.777. The van der Waals surface area contributed by atoms with Crippen LogP contribution in [0.25, 0.3) is 0 Å². The third kappa shape index (κ3) is 1.15. The van der Waals surface area contributed by atoms with Gasteiger partial charge in [0.1, 0.15) is 0 Å². The molecule has 2 N–H and O–H groups in total. The molecule has 0 unspecified atom stereocenters. The van der Waals surface area contributed by atoms with Gasteiger partial charge in [0.25, 0.3) is 0 Å². The second kappa shape index (κ2) is 2.60. The molecule has 0 atom stereocenters. The lowest BCUT2D eigenvalue weighted by Crippen LogP contribution is -2.29. The largest absolute Gasteiger partial charge is 0.370 e. The summed E-state index contributed by atoms with van der Waals surface area (Å²) in [4.78, 5) is 0. The Balaban J connectivity index is 2.10. The summed E-state index contributed by atoms with van der Waals surface area (Å²) in [5, 5.41) is 6.33.